The van der Waals surface area contributed by atoms with Crippen LogP contribution < -0.4 is 33.2 Å². The average Bonchev–Trinajstić information content (AvgIpc) is 2.95. The van der Waals surface area contributed by atoms with E-state index in [9.17, 15) is 9.59 Å². The van der Waals surface area contributed by atoms with Gasteiger partial charge in [-0.1, -0.05) is 0 Å². The molecular weight excluding hydrogens is 336 g/mol. The zero-order valence-electron chi connectivity index (χ0n) is 15.3. The topological polar surface area (TPSA) is 166 Å². The van der Waals surface area contributed by atoms with Crippen LogP contribution in [0.5, 0.6) is 0 Å². The van der Waals surface area contributed by atoms with Crippen LogP contribution in [0.15, 0.2) is 17.3 Å². The van der Waals surface area contributed by atoms with E-state index in [4.69, 9.17) is 17.2 Å². The van der Waals surface area contributed by atoms with Gasteiger partial charge in [0.2, 0.25) is 5.91 Å². The third kappa shape index (κ3) is 8.49. The van der Waals surface area contributed by atoms with Gasteiger partial charge in [-0.25, -0.2) is 4.99 Å². The monoisotopic (exact) mass is 366 g/mol. The van der Waals surface area contributed by atoms with Crippen LogP contribution in [0, 0.1) is 0 Å². The Morgan fingerprint density at radius 1 is 1.15 bits per heavy atom. The van der Waals surface area contributed by atoms with Crippen molar-refractivity contribution in [2.45, 2.75) is 19.3 Å². The third-order valence-corrected chi connectivity index (χ3v) is 3.55. The van der Waals surface area contributed by atoms with Crippen LogP contribution in [-0.2, 0) is 11.8 Å². The molecule has 0 aliphatic heterocycles. The highest BCUT2D eigenvalue weighted by molar-refractivity contribution is 5.97. The van der Waals surface area contributed by atoms with Crippen LogP contribution in [0.1, 0.15) is 29.8 Å². The lowest BCUT2D eigenvalue weighted by atomic mass is 10.3. The third-order valence-electron chi connectivity index (χ3n) is 3.55. The molecular formula is C16H30N8O2. The zero-order chi connectivity index (χ0) is 19.4. The number of nitrogens with one attached hydrogen (secondary N) is 3. The molecule has 0 atom stereocenters. The smallest absolute Gasteiger partial charge is 0.267 e. The summed E-state index contributed by atoms with van der Waals surface area (Å²) in [6.45, 7) is 2.89. The predicted octanol–water partition coefficient (Wildman–Crippen LogP) is -1.31. The molecule has 0 radical (unpaired) electrons. The summed E-state index contributed by atoms with van der Waals surface area (Å²) in [4.78, 5) is 27.5. The first kappa shape index (κ1) is 21.5. The van der Waals surface area contributed by atoms with Gasteiger partial charge in [0.15, 0.2) is 5.96 Å². The molecule has 0 aliphatic rings. The molecule has 10 heteroatoms. The molecule has 146 valence electrons. The summed E-state index contributed by atoms with van der Waals surface area (Å²) in [6.07, 6.45) is 4.56. The van der Waals surface area contributed by atoms with Crippen LogP contribution in [-0.4, -0.2) is 55.1 Å². The molecule has 0 aromatic carbocycles. The summed E-state index contributed by atoms with van der Waals surface area (Å²) in [5.74, 6) is -0.709. The second-order valence-electron chi connectivity index (χ2n) is 5.87. The number of nitrogens with two attached hydrogens (primary N) is 3. The number of hydrogen-bond donors (Lipinski definition) is 6. The molecule has 1 heterocycles. The van der Waals surface area contributed by atoms with Crippen LogP contribution in [0.3, 0.4) is 0 Å². The molecule has 0 fully saturated rings. The highest BCUT2D eigenvalue weighted by Gasteiger charge is 2.12. The maximum Gasteiger partial charge on any atom is 0.267 e. The van der Waals surface area contributed by atoms with Gasteiger partial charge in [0.05, 0.1) is 5.69 Å². The molecule has 0 spiro atoms. The number of anilines is 1. The van der Waals surface area contributed by atoms with Gasteiger partial charge in [-0.2, -0.15) is 0 Å². The summed E-state index contributed by atoms with van der Waals surface area (Å²) in [5.41, 5.74) is 16.8. The number of hydrogen-bond acceptors (Lipinski definition) is 5. The fourth-order valence-corrected chi connectivity index (χ4v) is 2.25. The van der Waals surface area contributed by atoms with Crippen LogP contribution in [0.4, 0.5) is 5.69 Å². The fourth-order valence-electron chi connectivity index (χ4n) is 2.25. The van der Waals surface area contributed by atoms with Gasteiger partial charge >= 0.3 is 0 Å². The number of carbonyl (C=O) groups excluding carboxylic acids is 2. The van der Waals surface area contributed by atoms with E-state index in [-0.39, 0.29) is 24.3 Å². The van der Waals surface area contributed by atoms with E-state index >= 15 is 0 Å². The number of nitrogens with zero attached hydrogens (tertiary/aromatic N) is 2. The lowest BCUT2D eigenvalue weighted by Crippen LogP contribution is -2.28. The molecule has 1 aromatic heterocycles. The summed E-state index contributed by atoms with van der Waals surface area (Å²) in [5, 5.41) is 8.80. The SMILES string of the molecule is Cn1cc(NC(=O)CN=C(N)N)cc1C(=O)NCCCNCCCCN. The summed E-state index contributed by atoms with van der Waals surface area (Å²) in [6, 6.07) is 1.60. The van der Waals surface area contributed by atoms with E-state index < -0.39 is 0 Å². The van der Waals surface area contributed by atoms with E-state index in [0.717, 1.165) is 32.4 Å². The maximum absolute atomic E-state index is 12.2. The first-order chi connectivity index (χ1) is 12.4. The van der Waals surface area contributed by atoms with E-state index in [0.29, 0.717) is 24.5 Å². The molecule has 0 saturated carbocycles. The number of aliphatic imine (C=N–C) groups is 1. The Kier molecular flexibility index (Phi) is 9.80. The Labute approximate surface area is 153 Å². The lowest BCUT2D eigenvalue weighted by Gasteiger charge is -2.07. The van der Waals surface area contributed by atoms with E-state index in [2.05, 4.69) is 20.9 Å². The van der Waals surface area contributed by atoms with Crippen molar-refractivity contribution in [3.05, 3.63) is 18.0 Å². The van der Waals surface area contributed by atoms with Crippen LogP contribution in [0.2, 0.25) is 0 Å². The largest absolute Gasteiger partial charge is 0.370 e. The van der Waals surface area contributed by atoms with Gasteiger partial charge in [-0.15, -0.1) is 0 Å². The molecule has 1 rings (SSSR count). The van der Waals surface area contributed by atoms with Crippen molar-refractivity contribution in [1.82, 2.24) is 15.2 Å². The highest BCUT2D eigenvalue weighted by Crippen LogP contribution is 2.12. The lowest BCUT2D eigenvalue weighted by molar-refractivity contribution is -0.114. The van der Waals surface area contributed by atoms with Gasteiger partial charge < -0.3 is 37.7 Å². The minimum atomic E-state index is -0.364. The number of aromatic nitrogens is 1. The van der Waals surface area contributed by atoms with Crippen molar-refractivity contribution >= 4 is 23.5 Å². The Balaban J connectivity index is 2.35. The van der Waals surface area contributed by atoms with E-state index in [1.165, 1.54) is 0 Å². The number of guanidine groups is 1. The van der Waals surface area contributed by atoms with E-state index in [1.807, 2.05) is 0 Å². The molecule has 0 unspecified atom stereocenters. The molecule has 9 N–H and O–H groups in total. The standard InChI is InChI=1S/C16H30N8O2/c1-24-11-12(23-14(25)10-22-16(18)19)9-13(24)15(26)21-8-4-7-20-6-3-2-5-17/h9,11,20H,2-8,10,17H2,1H3,(H,21,26)(H,23,25)(H4,18,19,22). The second kappa shape index (κ2) is 11.9. The highest BCUT2D eigenvalue weighted by atomic mass is 16.2. The van der Waals surface area contributed by atoms with Gasteiger partial charge in [0, 0.05) is 19.8 Å². The van der Waals surface area contributed by atoms with Crippen LogP contribution in [0.25, 0.3) is 0 Å². The number of amides is 2. The Bertz CT molecular complexity index is 607. The molecule has 26 heavy (non-hydrogen) atoms. The van der Waals surface area contributed by atoms with Crippen molar-refractivity contribution < 1.29 is 9.59 Å². The molecule has 2 amide bonds. The maximum atomic E-state index is 12.2. The van der Waals surface area contributed by atoms with Crippen molar-refractivity contribution in [3.8, 4) is 0 Å². The predicted molar refractivity (Wildman–Crippen MR) is 103 cm³/mol. The molecule has 0 saturated heterocycles. The van der Waals surface area contributed by atoms with Crippen molar-refractivity contribution in [3.63, 3.8) is 0 Å². The normalized spacial score (nSPS) is 10.4. The summed E-state index contributed by atoms with van der Waals surface area (Å²) in [7, 11) is 1.74. The quantitative estimate of drug-likeness (QED) is 0.153. The number of carbonyl (C=O) groups is 2. The van der Waals surface area contributed by atoms with E-state index in [1.54, 1.807) is 23.9 Å². The van der Waals surface area contributed by atoms with Gasteiger partial charge in [-0.3, -0.25) is 9.59 Å². The van der Waals surface area contributed by atoms with Crippen molar-refractivity contribution in [2.75, 3.05) is 38.0 Å². The number of rotatable bonds is 12. The molecule has 1 aromatic rings. The molecule has 0 aliphatic carbocycles. The van der Waals surface area contributed by atoms with Crippen molar-refractivity contribution in [1.29, 1.82) is 0 Å². The number of unbranched alkanes of at least 4 members (excludes halogenated alkanes) is 1. The van der Waals surface area contributed by atoms with Gasteiger partial charge in [-0.05, 0) is 45.0 Å². The minimum absolute atomic E-state index is 0.151. The second-order valence-corrected chi connectivity index (χ2v) is 5.87. The Morgan fingerprint density at radius 3 is 2.58 bits per heavy atom. The molecule has 0 bridgehead atoms. The first-order valence-corrected chi connectivity index (χ1v) is 8.64. The Morgan fingerprint density at radius 2 is 1.88 bits per heavy atom. The average molecular weight is 366 g/mol. The fraction of sp³-hybridized carbons (Fsp3) is 0.562. The summed E-state index contributed by atoms with van der Waals surface area (Å²) >= 11 is 0. The Hall–Kier alpha value is -2.59. The number of aryl methyl sites for hydroxylation is 1. The summed E-state index contributed by atoms with van der Waals surface area (Å²) < 4.78 is 1.65. The zero-order valence-corrected chi connectivity index (χ0v) is 15.3. The van der Waals surface area contributed by atoms with Gasteiger partial charge in [0.1, 0.15) is 12.2 Å². The first-order valence-electron chi connectivity index (χ1n) is 8.64. The van der Waals surface area contributed by atoms with Gasteiger partial charge in [0.25, 0.3) is 5.91 Å². The van der Waals surface area contributed by atoms with Crippen molar-refractivity contribution in [2.24, 2.45) is 29.2 Å². The minimum Gasteiger partial charge on any atom is -0.370 e. The van der Waals surface area contributed by atoms with Crippen LogP contribution >= 0.6 is 0 Å². The molecule has 10 nitrogen and oxygen atoms in total.